The molecule has 0 radical (unpaired) electrons. The monoisotopic (exact) mass is 382 g/mol. The Kier molecular flexibility index (Phi) is 6.63. The highest BCUT2D eigenvalue weighted by Crippen LogP contribution is 2.26. The van der Waals surface area contributed by atoms with Crippen molar-refractivity contribution in [3.05, 3.63) is 42.0 Å². The van der Waals surface area contributed by atoms with Crippen LogP contribution in [0, 0.1) is 5.92 Å². The first-order valence-electron chi connectivity index (χ1n) is 9.74. The molecule has 3 rings (SSSR count). The molecule has 0 spiro atoms. The van der Waals surface area contributed by atoms with Gasteiger partial charge in [0.2, 0.25) is 11.8 Å². The molecule has 1 aliphatic rings. The van der Waals surface area contributed by atoms with Gasteiger partial charge in [0.05, 0.1) is 24.9 Å². The first-order valence-corrected chi connectivity index (χ1v) is 9.74. The van der Waals surface area contributed by atoms with Crippen molar-refractivity contribution in [2.24, 2.45) is 5.92 Å². The summed E-state index contributed by atoms with van der Waals surface area (Å²) in [7, 11) is 1.30. The number of methoxy groups -OCH3 is 1. The van der Waals surface area contributed by atoms with Crippen LogP contribution in [0.5, 0.6) is 0 Å². The summed E-state index contributed by atoms with van der Waals surface area (Å²) in [5.41, 5.74) is 0.653. The molecule has 28 heavy (non-hydrogen) atoms. The number of hydrogen-bond donors (Lipinski definition) is 2. The maximum absolute atomic E-state index is 12.3. The van der Waals surface area contributed by atoms with Crippen LogP contribution in [-0.2, 0) is 14.3 Å². The Labute approximate surface area is 164 Å². The van der Waals surface area contributed by atoms with Gasteiger partial charge in [0.1, 0.15) is 0 Å². The second-order valence-electron chi connectivity index (χ2n) is 7.27. The molecule has 2 aromatic rings. The number of carbonyl (C=O) groups is 3. The van der Waals surface area contributed by atoms with Crippen LogP contribution < -0.4 is 10.6 Å². The van der Waals surface area contributed by atoms with Gasteiger partial charge in [0.25, 0.3) is 0 Å². The van der Waals surface area contributed by atoms with Crippen LogP contribution in [0.3, 0.4) is 0 Å². The van der Waals surface area contributed by atoms with Crippen LogP contribution in [0.1, 0.15) is 48.9 Å². The van der Waals surface area contributed by atoms with E-state index in [2.05, 4.69) is 10.6 Å². The Balaban J connectivity index is 1.63. The molecular weight excluding hydrogens is 356 g/mol. The van der Waals surface area contributed by atoms with E-state index in [4.69, 9.17) is 4.74 Å². The Morgan fingerprint density at radius 3 is 2.36 bits per heavy atom. The van der Waals surface area contributed by atoms with E-state index in [1.807, 2.05) is 24.3 Å². The number of rotatable bonds is 6. The highest BCUT2D eigenvalue weighted by atomic mass is 16.5. The van der Waals surface area contributed by atoms with Crippen LogP contribution in [0.2, 0.25) is 0 Å². The van der Waals surface area contributed by atoms with Crippen molar-refractivity contribution in [3.63, 3.8) is 0 Å². The normalized spacial score (nSPS) is 14.5. The molecule has 2 amide bonds. The molecule has 1 fully saturated rings. The van der Waals surface area contributed by atoms with E-state index in [0.29, 0.717) is 18.0 Å². The van der Waals surface area contributed by atoms with Crippen molar-refractivity contribution in [2.45, 2.75) is 38.5 Å². The van der Waals surface area contributed by atoms with Gasteiger partial charge >= 0.3 is 5.97 Å². The molecule has 1 saturated carbocycles. The van der Waals surface area contributed by atoms with Crippen LogP contribution in [0.25, 0.3) is 10.8 Å². The van der Waals surface area contributed by atoms with E-state index in [0.717, 1.165) is 23.6 Å². The predicted molar refractivity (Wildman–Crippen MR) is 108 cm³/mol. The number of anilines is 1. The number of esters is 1. The van der Waals surface area contributed by atoms with Crippen LogP contribution in [0.4, 0.5) is 5.69 Å². The fourth-order valence-corrected chi connectivity index (χ4v) is 3.72. The lowest BCUT2D eigenvalue weighted by Gasteiger charge is -2.20. The summed E-state index contributed by atoms with van der Waals surface area (Å²) >= 11 is 0. The van der Waals surface area contributed by atoms with Gasteiger partial charge in [-0.25, -0.2) is 4.79 Å². The molecule has 0 saturated heterocycles. The van der Waals surface area contributed by atoms with E-state index < -0.39 is 5.97 Å². The third kappa shape index (κ3) is 5.09. The van der Waals surface area contributed by atoms with Crippen LogP contribution >= 0.6 is 0 Å². The number of fused-ring (bicyclic) bond motifs is 1. The average molecular weight is 382 g/mol. The van der Waals surface area contributed by atoms with Crippen molar-refractivity contribution < 1.29 is 19.1 Å². The Morgan fingerprint density at radius 2 is 1.68 bits per heavy atom. The number of nitrogens with one attached hydrogen (secondary N) is 2. The summed E-state index contributed by atoms with van der Waals surface area (Å²) in [6, 6.07) is 11.0. The lowest BCUT2D eigenvalue weighted by Crippen LogP contribution is -2.34. The second kappa shape index (κ2) is 9.35. The summed E-state index contributed by atoms with van der Waals surface area (Å²) in [4.78, 5) is 36.5. The molecule has 2 N–H and O–H groups in total. The smallest absolute Gasteiger partial charge is 0.339 e. The number of carbonyl (C=O) groups excluding carboxylic acids is 3. The molecule has 0 aromatic heterocycles. The minimum Gasteiger partial charge on any atom is -0.465 e. The van der Waals surface area contributed by atoms with E-state index in [-0.39, 0.29) is 23.9 Å². The zero-order chi connectivity index (χ0) is 19.9. The van der Waals surface area contributed by atoms with Crippen molar-refractivity contribution in [1.29, 1.82) is 0 Å². The van der Waals surface area contributed by atoms with Crippen molar-refractivity contribution >= 4 is 34.2 Å². The Bertz CT molecular complexity index is 872. The summed E-state index contributed by atoms with van der Waals surface area (Å²) < 4.78 is 4.83. The van der Waals surface area contributed by atoms with Gasteiger partial charge in [0, 0.05) is 6.42 Å². The van der Waals surface area contributed by atoms with Crippen molar-refractivity contribution in [1.82, 2.24) is 5.32 Å². The third-order valence-electron chi connectivity index (χ3n) is 5.21. The lowest BCUT2D eigenvalue weighted by atomic mass is 9.87. The van der Waals surface area contributed by atoms with E-state index in [1.54, 1.807) is 12.1 Å². The van der Waals surface area contributed by atoms with Gasteiger partial charge in [-0.2, -0.15) is 0 Å². The van der Waals surface area contributed by atoms with Crippen molar-refractivity contribution in [2.75, 3.05) is 19.0 Å². The number of amides is 2. The Hall–Kier alpha value is -2.89. The third-order valence-corrected chi connectivity index (χ3v) is 5.21. The van der Waals surface area contributed by atoms with Gasteiger partial charge in [-0.15, -0.1) is 0 Å². The van der Waals surface area contributed by atoms with Gasteiger partial charge in [-0.05, 0) is 41.7 Å². The molecule has 0 bridgehead atoms. The average Bonchev–Trinajstić information content (AvgIpc) is 2.72. The topological polar surface area (TPSA) is 84.5 Å². The zero-order valence-electron chi connectivity index (χ0n) is 16.1. The SMILES string of the molecule is COC(=O)c1cc2ccccc2cc1NC(=O)CNC(=O)CC1CCCCC1. The van der Waals surface area contributed by atoms with E-state index >= 15 is 0 Å². The fourth-order valence-electron chi connectivity index (χ4n) is 3.72. The summed E-state index contributed by atoms with van der Waals surface area (Å²) in [5, 5.41) is 7.18. The van der Waals surface area contributed by atoms with Crippen LogP contribution in [0.15, 0.2) is 36.4 Å². The largest absolute Gasteiger partial charge is 0.465 e. The molecule has 2 aromatic carbocycles. The van der Waals surface area contributed by atoms with Gasteiger partial charge < -0.3 is 15.4 Å². The van der Waals surface area contributed by atoms with Gasteiger partial charge in [0.15, 0.2) is 0 Å². The summed E-state index contributed by atoms with van der Waals surface area (Å²) in [5.74, 6) is -0.586. The molecule has 0 heterocycles. The number of benzene rings is 2. The van der Waals surface area contributed by atoms with Gasteiger partial charge in [-0.3, -0.25) is 9.59 Å². The quantitative estimate of drug-likeness (QED) is 0.747. The fraction of sp³-hybridized carbons (Fsp3) is 0.409. The van der Waals surface area contributed by atoms with E-state index in [9.17, 15) is 14.4 Å². The maximum Gasteiger partial charge on any atom is 0.339 e. The second-order valence-corrected chi connectivity index (χ2v) is 7.27. The number of ether oxygens (including phenoxy) is 1. The molecule has 0 unspecified atom stereocenters. The zero-order valence-corrected chi connectivity index (χ0v) is 16.1. The molecule has 6 nitrogen and oxygen atoms in total. The highest BCUT2D eigenvalue weighted by Gasteiger charge is 2.18. The van der Waals surface area contributed by atoms with Crippen LogP contribution in [-0.4, -0.2) is 31.4 Å². The summed E-state index contributed by atoms with van der Waals surface area (Å²) in [6.07, 6.45) is 6.23. The molecule has 148 valence electrons. The number of hydrogen-bond acceptors (Lipinski definition) is 4. The van der Waals surface area contributed by atoms with Gasteiger partial charge in [-0.1, -0.05) is 43.5 Å². The predicted octanol–water partition coefficient (Wildman–Crippen LogP) is 3.65. The molecule has 0 atom stereocenters. The minimum atomic E-state index is -0.526. The highest BCUT2D eigenvalue weighted by molar-refractivity contribution is 6.06. The standard InChI is InChI=1S/C22H26N2O4/c1-28-22(27)18-12-16-9-5-6-10-17(16)13-19(18)24-21(26)14-23-20(25)11-15-7-3-2-4-8-15/h5-6,9-10,12-13,15H,2-4,7-8,11,14H2,1H3,(H,23,25)(H,24,26). The summed E-state index contributed by atoms with van der Waals surface area (Å²) in [6.45, 7) is -0.126. The molecule has 6 heteroatoms. The Morgan fingerprint density at radius 1 is 1.00 bits per heavy atom. The molecule has 0 aliphatic heterocycles. The maximum atomic E-state index is 12.3. The van der Waals surface area contributed by atoms with Crippen molar-refractivity contribution in [3.8, 4) is 0 Å². The first-order chi connectivity index (χ1) is 13.6. The lowest BCUT2D eigenvalue weighted by molar-refractivity contribution is -0.125. The first kappa shape index (κ1) is 19.9. The molecular formula is C22H26N2O4. The van der Waals surface area contributed by atoms with E-state index in [1.165, 1.54) is 26.4 Å². The molecule has 1 aliphatic carbocycles. The minimum absolute atomic E-state index is 0.103.